The smallest absolute Gasteiger partial charge is 0.415 e. The molecule has 2 heterocycles. The van der Waals surface area contributed by atoms with Crippen molar-refractivity contribution in [2.45, 2.75) is 24.8 Å². The van der Waals surface area contributed by atoms with Gasteiger partial charge in [-0.2, -0.15) is 0 Å². The van der Waals surface area contributed by atoms with Gasteiger partial charge in [0, 0.05) is 13.0 Å². The second-order valence-corrected chi connectivity index (χ2v) is 4.74. The van der Waals surface area contributed by atoms with Crippen LogP contribution in [0.2, 0.25) is 0 Å². The van der Waals surface area contributed by atoms with Crippen LogP contribution < -0.4 is 0 Å². The highest BCUT2D eigenvalue weighted by Gasteiger charge is 2.49. The number of amides is 1. The van der Waals surface area contributed by atoms with E-state index in [9.17, 15) is 4.79 Å². The van der Waals surface area contributed by atoms with Crippen molar-refractivity contribution >= 4 is 6.09 Å². The molecule has 0 N–H and O–H groups in total. The molecular formula is C14H15NO2. The molecule has 2 aliphatic rings. The minimum atomic E-state index is -0.248. The quantitative estimate of drug-likeness (QED) is 0.740. The second kappa shape index (κ2) is 3.62. The number of carbonyl (C=O) groups excluding carboxylic acids is 1. The predicted octanol–water partition coefficient (Wildman–Crippen LogP) is 3.03. The number of rotatable bonds is 1. The molecule has 0 aliphatic carbocycles. The normalized spacial score (nSPS) is 27.9. The standard InChI is InChI=1S/C14H15NO2/c1-11-10-14(12-6-3-2-4-7-12)8-5-9-15(14)13(16)17-11/h2-4,6-7H,1,5,8-10H2. The van der Waals surface area contributed by atoms with E-state index in [1.54, 1.807) is 0 Å². The van der Waals surface area contributed by atoms with E-state index in [-0.39, 0.29) is 11.6 Å². The average molecular weight is 229 g/mol. The van der Waals surface area contributed by atoms with Gasteiger partial charge in [0.05, 0.1) is 5.54 Å². The molecule has 0 radical (unpaired) electrons. The van der Waals surface area contributed by atoms with Gasteiger partial charge in [-0.3, -0.25) is 4.90 Å². The summed E-state index contributed by atoms with van der Waals surface area (Å²) in [6, 6.07) is 10.2. The molecule has 3 rings (SSSR count). The zero-order valence-corrected chi connectivity index (χ0v) is 9.69. The molecule has 1 aromatic carbocycles. The molecule has 2 saturated heterocycles. The van der Waals surface area contributed by atoms with Gasteiger partial charge in [0.1, 0.15) is 5.76 Å². The van der Waals surface area contributed by atoms with Gasteiger partial charge in [-0.15, -0.1) is 0 Å². The monoisotopic (exact) mass is 229 g/mol. The number of fused-ring (bicyclic) bond motifs is 1. The zero-order valence-electron chi connectivity index (χ0n) is 9.69. The lowest BCUT2D eigenvalue weighted by Crippen LogP contribution is -2.49. The van der Waals surface area contributed by atoms with Crippen LogP contribution in [0.15, 0.2) is 42.7 Å². The minimum Gasteiger partial charge on any atom is -0.415 e. The number of cyclic esters (lactones) is 1. The van der Waals surface area contributed by atoms with Crippen molar-refractivity contribution in [3.63, 3.8) is 0 Å². The molecule has 2 fully saturated rings. The van der Waals surface area contributed by atoms with Crippen LogP contribution in [-0.2, 0) is 10.3 Å². The Bertz CT molecular complexity index is 468. The summed E-state index contributed by atoms with van der Waals surface area (Å²) in [5.41, 5.74) is 0.975. The first-order chi connectivity index (χ1) is 8.22. The van der Waals surface area contributed by atoms with Crippen LogP contribution in [0.1, 0.15) is 24.8 Å². The van der Waals surface area contributed by atoms with E-state index >= 15 is 0 Å². The molecule has 3 heteroatoms. The summed E-state index contributed by atoms with van der Waals surface area (Å²) in [6.07, 6.45) is 2.48. The Kier molecular flexibility index (Phi) is 2.21. The van der Waals surface area contributed by atoms with Crippen LogP contribution in [-0.4, -0.2) is 17.5 Å². The first-order valence-electron chi connectivity index (χ1n) is 5.95. The van der Waals surface area contributed by atoms with Gasteiger partial charge in [-0.05, 0) is 18.4 Å². The molecule has 1 unspecified atom stereocenters. The summed E-state index contributed by atoms with van der Waals surface area (Å²) in [4.78, 5) is 13.8. The van der Waals surface area contributed by atoms with E-state index in [1.807, 2.05) is 23.1 Å². The molecular weight excluding hydrogens is 214 g/mol. The highest BCUT2D eigenvalue weighted by Crippen LogP contribution is 2.46. The van der Waals surface area contributed by atoms with Crippen LogP contribution >= 0.6 is 0 Å². The predicted molar refractivity (Wildman–Crippen MR) is 64.3 cm³/mol. The number of carbonyl (C=O) groups is 1. The maximum absolute atomic E-state index is 11.9. The van der Waals surface area contributed by atoms with E-state index in [2.05, 4.69) is 18.7 Å². The van der Waals surface area contributed by atoms with Crippen LogP contribution in [0.5, 0.6) is 0 Å². The van der Waals surface area contributed by atoms with Gasteiger partial charge in [0.15, 0.2) is 0 Å². The van der Waals surface area contributed by atoms with Gasteiger partial charge in [0.2, 0.25) is 0 Å². The van der Waals surface area contributed by atoms with Gasteiger partial charge in [-0.25, -0.2) is 4.79 Å². The Morgan fingerprint density at radius 1 is 1.29 bits per heavy atom. The Labute approximate surface area is 101 Å². The lowest BCUT2D eigenvalue weighted by molar-refractivity contribution is 0.0477. The molecule has 0 aromatic heterocycles. The van der Waals surface area contributed by atoms with Gasteiger partial charge < -0.3 is 4.74 Å². The van der Waals surface area contributed by atoms with Crippen molar-refractivity contribution in [2.24, 2.45) is 0 Å². The van der Waals surface area contributed by atoms with E-state index in [1.165, 1.54) is 5.56 Å². The molecule has 2 aliphatic heterocycles. The Hall–Kier alpha value is -1.77. The Morgan fingerprint density at radius 2 is 2.06 bits per heavy atom. The number of hydrogen-bond donors (Lipinski definition) is 0. The van der Waals surface area contributed by atoms with Gasteiger partial charge >= 0.3 is 6.09 Å². The SMILES string of the molecule is C=C1CC2(c3ccccc3)CCCN2C(=O)O1. The molecule has 1 aromatic rings. The van der Waals surface area contributed by atoms with E-state index in [0.717, 1.165) is 19.4 Å². The van der Waals surface area contributed by atoms with Crippen molar-refractivity contribution in [1.29, 1.82) is 0 Å². The third-order valence-electron chi connectivity index (χ3n) is 3.74. The minimum absolute atomic E-state index is 0.215. The molecule has 88 valence electrons. The first-order valence-corrected chi connectivity index (χ1v) is 5.95. The van der Waals surface area contributed by atoms with Gasteiger partial charge in [-0.1, -0.05) is 36.9 Å². The molecule has 0 bridgehead atoms. The summed E-state index contributed by atoms with van der Waals surface area (Å²) in [7, 11) is 0. The largest absolute Gasteiger partial charge is 0.415 e. The third kappa shape index (κ3) is 1.46. The molecule has 3 nitrogen and oxygen atoms in total. The van der Waals surface area contributed by atoms with E-state index < -0.39 is 0 Å². The van der Waals surface area contributed by atoms with Crippen LogP contribution in [0.25, 0.3) is 0 Å². The maximum Gasteiger partial charge on any atom is 0.415 e. The Balaban J connectivity index is 2.09. The first kappa shape index (κ1) is 10.4. The molecule has 0 saturated carbocycles. The van der Waals surface area contributed by atoms with E-state index in [0.29, 0.717) is 12.2 Å². The molecule has 17 heavy (non-hydrogen) atoms. The van der Waals surface area contributed by atoms with Crippen LogP contribution in [0, 0.1) is 0 Å². The van der Waals surface area contributed by atoms with Crippen molar-refractivity contribution < 1.29 is 9.53 Å². The average Bonchev–Trinajstić information content (AvgIpc) is 2.75. The lowest BCUT2D eigenvalue weighted by Gasteiger charge is -2.42. The highest BCUT2D eigenvalue weighted by atomic mass is 16.6. The fourth-order valence-corrected chi connectivity index (χ4v) is 3.02. The fraction of sp³-hybridized carbons (Fsp3) is 0.357. The number of hydrogen-bond acceptors (Lipinski definition) is 2. The van der Waals surface area contributed by atoms with Crippen molar-refractivity contribution in [3.8, 4) is 0 Å². The van der Waals surface area contributed by atoms with Crippen molar-refractivity contribution in [3.05, 3.63) is 48.2 Å². The number of ether oxygens (including phenoxy) is 1. The molecule has 1 atom stereocenters. The number of benzene rings is 1. The van der Waals surface area contributed by atoms with Crippen molar-refractivity contribution in [2.75, 3.05) is 6.54 Å². The summed E-state index contributed by atoms with van der Waals surface area (Å²) in [5, 5.41) is 0. The van der Waals surface area contributed by atoms with Crippen LogP contribution in [0.4, 0.5) is 4.79 Å². The number of nitrogens with zero attached hydrogens (tertiary/aromatic N) is 1. The fourth-order valence-electron chi connectivity index (χ4n) is 3.02. The topological polar surface area (TPSA) is 29.5 Å². The summed E-state index contributed by atoms with van der Waals surface area (Å²) in [5.74, 6) is 0.581. The van der Waals surface area contributed by atoms with Crippen molar-refractivity contribution in [1.82, 2.24) is 4.90 Å². The maximum atomic E-state index is 11.9. The lowest BCUT2D eigenvalue weighted by atomic mass is 9.83. The van der Waals surface area contributed by atoms with E-state index in [4.69, 9.17) is 4.74 Å². The summed E-state index contributed by atoms with van der Waals surface area (Å²) < 4.78 is 5.14. The summed E-state index contributed by atoms with van der Waals surface area (Å²) in [6.45, 7) is 4.60. The van der Waals surface area contributed by atoms with Gasteiger partial charge in [0.25, 0.3) is 0 Å². The molecule has 1 amide bonds. The highest BCUT2D eigenvalue weighted by molar-refractivity contribution is 5.72. The second-order valence-electron chi connectivity index (χ2n) is 4.74. The molecule has 0 spiro atoms. The van der Waals surface area contributed by atoms with Crippen LogP contribution in [0.3, 0.4) is 0 Å². The third-order valence-corrected chi connectivity index (χ3v) is 3.74. The zero-order chi connectivity index (χ0) is 11.9. The summed E-state index contributed by atoms with van der Waals surface area (Å²) >= 11 is 0. The Morgan fingerprint density at radius 3 is 2.82 bits per heavy atom.